The van der Waals surface area contributed by atoms with Gasteiger partial charge in [0.1, 0.15) is 5.75 Å². The van der Waals surface area contributed by atoms with E-state index in [0.717, 1.165) is 78.5 Å². The van der Waals surface area contributed by atoms with Gasteiger partial charge in [0.05, 0.1) is 22.7 Å². The molecule has 1 saturated carbocycles. The Labute approximate surface area is 191 Å². The Morgan fingerprint density at radius 1 is 1.06 bits per heavy atom. The Hall–Kier alpha value is -2.31. The lowest BCUT2D eigenvalue weighted by molar-refractivity contribution is -0.137. The van der Waals surface area contributed by atoms with Gasteiger partial charge in [-0.2, -0.15) is 0 Å². The highest BCUT2D eigenvalue weighted by Gasteiger charge is 2.45. The van der Waals surface area contributed by atoms with Gasteiger partial charge in [-0.1, -0.05) is 47.9 Å². The van der Waals surface area contributed by atoms with Crippen LogP contribution in [0, 0.1) is 0 Å². The van der Waals surface area contributed by atoms with Crippen molar-refractivity contribution in [3.05, 3.63) is 53.1 Å². The van der Waals surface area contributed by atoms with Crippen molar-refractivity contribution in [2.24, 2.45) is 0 Å². The standard InChI is InChI=1S/C24H26ClN3O2S/c1-30-19-8-9-20-21(16-19)31-23(26-20)28-14-12-27(13-15-28)22(29)24(10-2-3-11-24)17-4-6-18(25)7-5-17/h4-9,16H,2-3,10-15H2,1H3. The fraction of sp³-hybridized carbons (Fsp3) is 0.417. The minimum absolute atomic E-state index is 0.279. The Bertz CT molecular complexity index is 1080. The Balaban J connectivity index is 1.31. The summed E-state index contributed by atoms with van der Waals surface area (Å²) in [5.41, 5.74) is 1.72. The van der Waals surface area contributed by atoms with Crippen LogP contribution in [0.4, 0.5) is 5.13 Å². The fourth-order valence-electron chi connectivity index (χ4n) is 4.93. The first-order chi connectivity index (χ1) is 15.1. The molecule has 5 rings (SSSR count). The molecule has 31 heavy (non-hydrogen) atoms. The number of nitrogens with zero attached hydrogens (tertiary/aromatic N) is 3. The fourth-order valence-corrected chi connectivity index (χ4v) is 6.10. The van der Waals surface area contributed by atoms with Gasteiger partial charge in [0, 0.05) is 31.2 Å². The molecule has 2 heterocycles. The second-order valence-electron chi connectivity index (χ2n) is 8.41. The van der Waals surface area contributed by atoms with Crippen LogP contribution in [0.5, 0.6) is 5.75 Å². The third-order valence-electron chi connectivity index (χ3n) is 6.69. The van der Waals surface area contributed by atoms with Crippen molar-refractivity contribution in [1.82, 2.24) is 9.88 Å². The summed E-state index contributed by atoms with van der Waals surface area (Å²) in [6.07, 6.45) is 4.05. The maximum Gasteiger partial charge on any atom is 0.233 e. The molecular weight excluding hydrogens is 430 g/mol. The van der Waals surface area contributed by atoms with Gasteiger partial charge in [0.2, 0.25) is 5.91 Å². The Kier molecular flexibility index (Phi) is 5.52. The van der Waals surface area contributed by atoms with E-state index in [2.05, 4.69) is 9.80 Å². The second-order valence-corrected chi connectivity index (χ2v) is 9.85. The maximum absolute atomic E-state index is 13.7. The van der Waals surface area contributed by atoms with E-state index in [-0.39, 0.29) is 11.3 Å². The number of carbonyl (C=O) groups is 1. The third-order valence-corrected chi connectivity index (χ3v) is 8.02. The van der Waals surface area contributed by atoms with Crippen molar-refractivity contribution in [2.45, 2.75) is 31.1 Å². The van der Waals surface area contributed by atoms with Crippen molar-refractivity contribution in [3.63, 3.8) is 0 Å². The van der Waals surface area contributed by atoms with E-state index in [1.807, 2.05) is 42.5 Å². The molecule has 7 heteroatoms. The van der Waals surface area contributed by atoms with Crippen LogP contribution in [-0.4, -0.2) is 49.1 Å². The summed E-state index contributed by atoms with van der Waals surface area (Å²) in [6, 6.07) is 13.9. The normalized spacial score (nSPS) is 18.5. The summed E-state index contributed by atoms with van der Waals surface area (Å²) in [6.45, 7) is 3.07. The van der Waals surface area contributed by atoms with Crippen molar-refractivity contribution in [2.75, 3.05) is 38.2 Å². The van der Waals surface area contributed by atoms with Gasteiger partial charge in [-0.15, -0.1) is 0 Å². The minimum atomic E-state index is -0.390. The molecule has 2 fully saturated rings. The zero-order valence-corrected chi connectivity index (χ0v) is 19.2. The number of aromatic nitrogens is 1. The van der Waals surface area contributed by atoms with Crippen LogP contribution in [0.15, 0.2) is 42.5 Å². The number of methoxy groups -OCH3 is 1. The van der Waals surface area contributed by atoms with Crippen LogP contribution in [-0.2, 0) is 10.2 Å². The summed E-state index contributed by atoms with van der Waals surface area (Å²) < 4.78 is 6.46. The highest BCUT2D eigenvalue weighted by molar-refractivity contribution is 7.22. The average molecular weight is 456 g/mol. The molecule has 2 aliphatic rings. The quantitative estimate of drug-likeness (QED) is 0.547. The predicted molar refractivity (Wildman–Crippen MR) is 127 cm³/mol. The smallest absolute Gasteiger partial charge is 0.233 e. The van der Waals surface area contributed by atoms with E-state index in [4.69, 9.17) is 21.3 Å². The van der Waals surface area contributed by atoms with Gasteiger partial charge < -0.3 is 14.5 Å². The first kappa shape index (κ1) is 20.6. The number of rotatable bonds is 4. The minimum Gasteiger partial charge on any atom is -0.497 e. The van der Waals surface area contributed by atoms with Crippen LogP contribution in [0.25, 0.3) is 10.2 Å². The van der Waals surface area contributed by atoms with Crippen LogP contribution >= 0.6 is 22.9 Å². The molecule has 3 aromatic rings. The van der Waals surface area contributed by atoms with Gasteiger partial charge in [-0.3, -0.25) is 4.79 Å². The third kappa shape index (κ3) is 3.76. The topological polar surface area (TPSA) is 45.7 Å². The molecule has 5 nitrogen and oxygen atoms in total. The highest BCUT2D eigenvalue weighted by atomic mass is 35.5. The lowest BCUT2D eigenvalue weighted by Gasteiger charge is -2.40. The summed E-state index contributed by atoms with van der Waals surface area (Å²) in [4.78, 5) is 22.9. The molecule has 0 unspecified atom stereocenters. The molecule has 1 aliphatic carbocycles. The number of anilines is 1. The average Bonchev–Trinajstić information content (AvgIpc) is 3.47. The number of ether oxygens (including phenoxy) is 1. The molecule has 1 aliphatic heterocycles. The molecule has 0 atom stereocenters. The zero-order chi connectivity index (χ0) is 21.4. The SMILES string of the molecule is COc1ccc2nc(N3CCN(C(=O)C4(c5ccc(Cl)cc5)CCCC4)CC3)sc2c1. The lowest BCUT2D eigenvalue weighted by Crippen LogP contribution is -2.54. The molecule has 1 aromatic heterocycles. The largest absolute Gasteiger partial charge is 0.497 e. The van der Waals surface area contributed by atoms with E-state index >= 15 is 0 Å². The summed E-state index contributed by atoms with van der Waals surface area (Å²) in [5.74, 6) is 1.13. The van der Waals surface area contributed by atoms with Crippen LogP contribution in [0.2, 0.25) is 5.02 Å². The first-order valence-corrected chi connectivity index (χ1v) is 12.0. The molecule has 1 amide bonds. The molecule has 0 spiro atoms. The van der Waals surface area contributed by atoms with Crippen molar-refractivity contribution >= 4 is 44.2 Å². The van der Waals surface area contributed by atoms with Crippen LogP contribution in [0.3, 0.4) is 0 Å². The zero-order valence-electron chi connectivity index (χ0n) is 17.6. The van der Waals surface area contributed by atoms with E-state index in [0.29, 0.717) is 5.02 Å². The monoisotopic (exact) mass is 455 g/mol. The number of amides is 1. The van der Waals surface area contributed by atoms with Gasteiger partial charge in [-0.25, -0.2) is 4.98 Å². The van der Waals surface area contributed by atoms with Gasteiger partial charge >= 0.3 is 0 Å². The number of hydrogen-bond acceptors (Lipinski definition) is 5. The molecule has 1 saturated heterocycles. The second kappa shape index (κ2) is 8.32. The number of benzene rings is 2. The predicted octanol–water partition coefficient (Wildman–Crippen LogP) is 5.12. The van der Waals surface area contributed by atoms with Crippen LogP contribution < -0.4 is 9.64 Å². The van der Waals surface area contributed by atoms with Crippen molar-refractivity contribution in [3.8, 4) is 5.75 Å². The number of thiazole rings is 1. The number of piperazine rings is 1. The number of hydrogen-bond donors (Lipinski definition) is 0. The summed E-state index contributed by atoms with van der Waals surface area (Å²) in [5, 5.41) is 1.73. The number of halogens is 1. The molecule has 162 valence electrons. The Morgan fingerprint density at radius 3 is 2.45 bits per heavy atom. The number of carbonyl (C=O) groups excluding carboxylic acids is 1. The highest BCUT2D eigenvalue weighted by Crippen LogP contribution is 2.43. The molecule has 0 radical (unpaired) electrons. The lowest BCUT2D eigenvalue weighted by atomic mass is 9.77. The first-order valence-electron chi connectivity index (χ1n) is 10.8. The van der Waals surface area contributed by atoms with E-state index in [1.165, 1.54) is 0 Å². The van der Waals surface area contributed by atoms with Crippen molar-refractivity contribution < 1.29 is 9.53 Å². The molecular formula is C24H26ClN3O2S. The summed E-state index contributed by atoms with van der Waals surface area (Å²) >= 11 is 7.78. The van der Waals surface area contributed by atoms with E-state index < -0.39 is 0 Å². The maximum atomic E-state index is 13.7. The van der Waals surface area contributed by atoms with E-state index in [1.54, 1.807) is 18.4 Å². The van der Waals surface area contributed by atoms with Gasteiger partial charge in [-0.05, 0) is 48.7 Å². The van der Waals surface area contributed by atoms with Gasteiger partial charge in [0.15, 0.2) is 5.13 Å². The van der Waals surface area contributed by atoms with Crippen molar-refractivity contribution in [1.29, 1.82) is 0 Å². The number of fused-ring (bicyclic) bond motifs is 1. The molecule has 0 N–H and O–H groups in total. The summed E-state index contributed by atoms with van der Waals surface area (Å²) in [7, 11) is 1.68. The Morgan fingerprint density at radius 2 is 1.77 bits per heavy atom. The molecule has 2 aromatic carbocycles. The van der Waals surface area contributed by atoms with E-state index in [9.17, 15) is 4.79 Å². The van der Waals surface area contributed by atoms with Crippen LogP contribution in [0.1, 0.15) is 31.2 Å². The van der Waals surface area contributed by atoms with Gasteiger partial charge in [0.25, 0.3) is 0 Å². The molecule has 0 bridgehead atoms.